The van der Waals surface area contributed by atoms with E-state index in [2.05, 4.69) is 15.2 Å². The van der Waals surface area contributed by atoms with Crippen molar-refractivity contribution in [3.63, 3.8) is 0 Å². The Hall–Kier alpha value is -1.84. The zero-order chi connectivity index (χ0) is 13.2. The van der Waals surface area contributed by atoms with Gasteiger partial charge < -0.3 is 0 Å². The van der Waals surface area contributed by atoms with Crippen LogP contribution >= 0.6 is 23.2 Å². The van der Waals surface area contributed by atoms with Crippen LogP contribution in [0.2, 0.25) is 10.0 Å². The smallest absolute Gasteiger partial charge is 0.0811 e. The van der Waals surface area contributed by atoms with Crippen molar-refractivity contribution in [2.75, 3.05) is 0 Å². The number of hydrogen-bond acceptors (Lipinski definition) is 2. The summed E-state index contributed by atoms with van der Waals surface area (Å²) in [7, 11) is 0. The number of rotatable bonds is 2. The molecule has 0 atom stereocenters. The first-order chi connectivity index (χ1) is 9.25. The molecule has 2 aromatic heterocycles. The molecule has 0 saturated heterocycles. The number of aromatic nitrogens is 3. The molecule has 0 fully saturated rings. The van der Waals surface area contributed by atoms with Gasteiger partial charge in [0, 0.05) is 23.5 Å². The maximum Gasteiger partial charge on any atom is 0.0811 e. The third-order valence-electron chi connectivity index (χ3n) is 2.81. The lowest BCUT2D eigenvalue weighted by atomic mass is 10.0. The van der Waals surface area contributed by atoms with Crippen molar-refractivity contribution in [2.24, 2.45) is 0 Å². The summed E-state index contributed by atoms with van der Waals surface area (Å²) in [6.07, 6.45) is 5.30. The molecule has 2 heterocycles. The van der Waals surface area contributed by atoms with Crippen LogP contribution in [-0.4, -0.2) is 15.2 Å². The predicted octanol–water partition coefficient (Wildman–Crippen LogP) is 4.45. The molecule has 0 aliphatic rings. The van der Waals surface area contributed by atoms with E-state index < -0.39 is 0 Å². The van der Waals surface area contributed by atoms with Crippen molar-refractivity contribution >= 4 is 23.2 Å². The molecule has 3 nitrogen and oxygen atoms in total. The standard InChI is InChI=1S/C14H9Cl2N3/c15-12-4-3-9(6-13(12)16)11-2-1-5-17-14(11)10-7-18-19-8-10/h1-8H,(H,18,19). The summed E-state index contributed by atoms with van der Waals surface area (Å²) in [5.74, 6) is 0. The average molecular weight is 290 g/mol. The monoisotopic (exact) mass is 289 g/mol. The molecule has 0 unspecified atom stereocenters. The molecule has 94 valence electrons. The van der Waals surface area contributed by atoms with Gasteiger partial charge >= 0.3 is 0 Å². The van der Waals surface area contributed by atoms with Crippen LogP contribution in [-0.2, 0) is 0 Å². The molecule has 1 N–H and O–H groups in total. The SMILES string of the molecule is Clc1ccc(-c2cccnc2-c2cn[nH]c2)cc1Cl. The van der Waals surface area contributed by atoms with E-state index in [1.54, 1.807) is 18.5 Å². The van der Waals surface area contributed by atoms with Crippen molar-refractivity contribution in [1.82, 2.24) is 15.2 Å². The molecule has 0 amide bonds. The molecule has 0 aliphatic carbocycles. The highest BCUT2D eigenvalue weighted by atomic mass is 35.5. The average Bonchev–Trinajstić information content (AvgIpc) is 2.96. The maximum atomic E-state index is 6.07. The summed E-state index contributed by atoms with van der Waals surface area (Å²) in [6.45, 7) is 0. The number of benzene rings is 1. The Kier molecular flexibility index (Phi) is 3.23. The van der Waals surface area contributed by atoms with Crippen molar-refractivity contribution in [3.8, 4) is 22.4 Å². The van der Waals surface area contributed by atoms with Crippen LogP contribution in [0, 0.1) is 0 Å². The number of aromatic amines is 1. The Balaban J connectivity index is 2.17. The summed E-state index contributed by atoms with van der Waals surface area (Å²) in [5.41, 5.74) is 3.75. The summed E-state index contributed by atoms with van der Waals surface area (Å²) in [4.78, 5) is 4.41. The van der Waals surface area contributed by atoms with Gasteiger partial charge in [0.15, 0.2) is 0 Å². The lowest BCUT2D eigenvalue weighted by Gasteiger charge is -2.08. The molecule has 19 heavy (non-hydrogen) atoms. The Labute approximate surface area is 120 Å². The van der Waals surface area contributed by atoms with Crippen LogP contribution in [0.1, 0.15) is 0 Å². The lowest BCUT2D eigenvalue weighted by molar-refractivity contribution is 1.09. The lowest BCUT2D eigenvalue weighted by Crippen LogP contribution is -1.87. The van der Waals surface area contributed by atoms with Crippen molar-refractivity contribution in [2.45, 2.75) is 0 Å². The van der Waals surface area contributed by atoms with E-state index in [0.717, 1.165) is 22.4 Å². The summed E-state index contributed by atoms with van der Waals surface area (Å²) >= 11 is 12.0. The third-order valence-corrected chi connectivity index (χ3v) is 3.55. The number of H-pyrrole nitrogens is 1. The minimum atomic E-state index is 0.529. The summed E-state index contributed by atoms with van der Waals surface area (Å²) in [6, 6.07) is 9.43. The number of nitrogens with zero attached hydrogens (tertiary/aromatic N) is 2. The molecule has 0 saturated carbocycles. The molecule has 0 aliphatic heterocycles. The van der Waals surface area contributed by atoms with Gasteiger partial charge in [0.2, 0.25) is 0 Å². The summed E-state index contributed by atoms with van der Waals surface area (Å²) in [5, 5.41) is 7.81. The molecule has 3 rings (SSSR count). The van der Waals surface area contributed by atoms with Gasteiger partial charge in [-0.3, -0.25) is 10.1 Å². The van der Waals surface area contributed by atoms with Gasteiger partial charge in [-0.2, -0.15) is 5.10 Å². The van der Waals surface area contributed by atoms with E-state index >= 15 is 0 Å². The van der Waals surface area contributed by atoms with E-state index in [9.17, 15) is 0 Å². The van der Waals surface area contributed by atoms with Crippen LogP contribution in [0.4, 0.5) is 0 Å². The Morgan fingerprint density at radius 1 is 1.00 bits per heavy atom. The zero-order valence-electron chi connectivity index (χ0n) is 9.77. The molecule has 0 radical (unpaired) electrons. The highest BCUT2D eigenvalue weighted by Gasteiger charge is 2.10. The molecule has 0 spiro atoms. The molecular weight excluding hydrogens is 281 g/mol. The minimum absolute atomic E-state index is 0.529. The van der Waals surface area contributed by atoms with E-state index in [-0.39, 0.29) is 0 Å². The zero-order valence-corrected chi connectivity index (χ0v) is 11.3. The number of nitrogens with one attached hydrogen (secondary N) is 1. The van der Waals surface area contributed by atoms with Gasteiger partial charge in [0.05, 0.1) is 21.9 Å². The maximum absolute atomic E-state index is 6.07. The summed E-state index contributed by atoms with van der Waals surface area (Å²) < 4.78 is 0. The molecule has 5 heteroatoms. The van der Waals surface area contributed by atoms with Gasteiger partial charge in [-0.05, 0) is 23.8 Å². The van der Waals surface area contributed by atoms with Crippen molar-refractivity contribution in [3.05, 3.63) is 59.0 Å². The normalized spacial score (nSPS) is 10.6. The van der Waals surface area contributed by atoms with Gasteiger partial charge in [-0.15, -0.1) is 0 Å². The van der Waals surface area contributed by atoms with Gasteiger partial charge in [-0.1, -0.05) is 35.3 Å². The van der Waals surface area contributed by atoms with Crippen molar-refractivity contribution in [1.29, 1.82) is 0 Å². The van der Waals surface area contributed by atoms with Crippen LogP contribution in [0.15, 0.2) is 48.9 Å². The van der Waals surface area contributed by atoms with Crippen LogP contribution in [0.25, 0.3) is 22.4 Å². The first-order valence-electron chi connectivity index (χ1n) is 5.65. The van der Waals surface area contributed by atoms with E-state index in [1.807, 2.05) is 30.5 Å². The highest BCUT2D eigenvalue weighted by Crippen LogP contribution is 2.33. The topological polar surface area (TPSA) is 41.6 Å². The quantitative estimate of drug-likeness (QED) is 0.757. The largest absolute Gasteiger partial charge is 0.285 e. The second-order valence-electron chi connectivity index (χ2n) is 4.02. The fourth-order valence-corrected chi connectivity index (χ4v) is 2.21. The number of halogens is 2. The predicted molar refractivity (Wildman–Crippen MR) is 77.3 cm³/mol. The van der Waals surface area contributed by atoms with Crippen molar-refractivity contribution < 1.29 is 0 Å². The Bertz CT molecular complexity index is 708. The van der Waals surface area contributed by atoms with Gasteiger partial charge in [-0.25, -0.2) is 0 Å². The Morgan fingerprint density at radius 3 is 2.63 bits per heavy atom. The first-order valence-corrected chi connectivity index (χ1v) is 6.41. The van der Waals surface area contributed by atoms with Gasteiger partial charge in [0.1, 0.15) is 0 Å². The minimum Gasteiger partial charge on any atom is -0.285 e. The van der Waals surface area contributed by atoms with E-state index in [4.69, 9.17) is 23.2 Å². The Morgan fingerprint density at radius 2 is 1.89 bits per heavy atom. The second-order valence-corrected chi connectivity index (χ2v) is 4.83. The number of hydrogen-bond donors (Lipinski definition) is 1. The fraction of sp³-hybridized carbons (Fsp3) is 0. The van der Waals surface area contributed by atoms with Crippen LogP contribution in [0.5, 0.6) is 0 Å². The van der Waals surface area contributed by atoms with Gasteiger partial charge in [0.25, 0.3) is 0 Å². The van der Waals surface area contributed by atoms with E-state index in [0.29, 0.717) is 10.0 Å². The van der Waals surface area contributed by atoms with Crippen LogP contribution in [0.3, 0.4) is 0 Å². The molecule has 3 aromatic rings. The molecule has 0 bridgehead atoms. The second kappa shape index (κ2) is 5.03. The van der Waals surface area contributed by atoms with Crippen LogP contribution < -0.4 is 0 Å². The molecule has 1 aromatic carbocycles. The molecular formula is C14H9Cl2N3. The van der Waals surface area contributed by atoms with E-state index in [1.165, 1.54) is 0 Å². The highest BCUT2D eigenvalue weighted by molar-refractivity contribution is 6.42. The number of pyridine rings is 1. The first kappa shape index (κ1) is 12.2. The third kappa shape index (κ3) is 2.35. The fourth-order valence-electron chi connectivity index (χ4n) is 1.91.